The van der Waals surface area contributed by atoms with Crippen LogP contribution in [0.1, 0.15) is 19.8 Å². The number of carbonyl (C=O) groups is 1. The second kappa shape index (κ2) is 1.62. The largest absolute Gasteiger partial charge is 0.512 e. The van der Waals surface area contributed by atoms with E-state index < -0.39 is 0 Å². The van der Waals surface area contributed by atoms with Crippen molar-refractivity contribution in [2.45, 2.75) is 19.8 Å². The van der Waals surface area contributed by atoms with Gasteiger partial charge in [-0.2, -0.15) is 0 Å². The quantitative estimate of drug-likeness (QED) is 0.595. The van der Waals surface area contributed by atoms with Crippen LogP contribution >= 0.6 is 0 Å². The predicted molar refractivity (Wildman–Crippen MR) is 36.5 cm³/mol. The van der Waals surface area contributed by atoms with Crippen LogP contribution in [0.4, 0.5) is 0 Å². The van der Waals surface area contributed by atoms with Crippen molar-refractivity contribution in [3.8, 4) is 0 Å². The van der Waals surface area contributed by atoms with Crippen molar-refractivity contribution in [3.63, 3.8) is 0 Å². The zero-order valence-corrected chi connectivity index (χ0v) is 5.92. The highest BCUT2D eigenvalue weighted by atomic mass is 16.3. The van der Waals surface area contributed by atoms with E-state index in [9.17, 15) is 9.90 Å². The van der Waals surface area contributed by atoms with Crippen molar-refractivity contribution in [1.29, 1.82) is 0 Å². The van der Waals surface area contributed by atoms with Crippen molar-refractivity contribution in [2.75, 3.05) is 0 Å². The van der Waals surface area contributed by atoms with Gasteiger partial charge in [0.05, 0.1) is 5.76 Å². The third-order valence-electron chi connectivity index (χ3n) is 2.44. The molecule has 0 amide bonds. The van der Waals surface area contributed by atoms with Crippen LogP contribution in [0.25, 0.3) is 0 Å². The third kappa shape index (κ3) is 0.618. The zero-order valence-electron chi connectivity index (χ0n) is 5.92. The van der Waals surface area contributed by atoms with Crippen molar-refractivity contribution >= 4 is 5.78 Å². The molecule has 0 spiro atoms. The smallest absolute Gasteiger partial charge is 0.159 e. The van der Waals surface area contributed by atoms with E-state index in [4.69, 9.17) is 0 Å². The number of aliphatic hydroxyl groups is 1. The number of hydrogen-bond acceptors (Lipinski definition) is 2. The van der Waals surface area contributed by atoms with E-state index in [0.29, 0.717) is 23.2 Å². The van der Waals surface area contributed by atoms with Crippen molar-refractivity contribution in [2.24, 2.45) is 11.8 Å². The van der Waals surface area contributed by atoms with Crippen LogP contribution in [0, 0.1) is 11.8 Å². The van der Waals surface area contributed by atoms with Gasteiger partial charge in [0.25, 0.3) is 0 Å². The molecule has 1 saturated carbocycles. The van der Waals surface area contributed by atoms with E-state index in [1.54, 1.807) is 0 Å². The number of ketones is 1. The highest BCUT2D eigenvalue weighted by molar-refractivity contribution is 5.95. The molecule has 2 rings (SSSR count). The van der Waals surface area contributed by atoms with Gasteiger partial charge in [0.2, 0.25) is 0 Å². The first-order valence-corrected chi connectivity index (χ1v) is 3.63. The summed E-state index contributed by atoms with van der Waals surface area (Å²) in [4.78, 5) is 10.9. The minimum absolute atomic E-state index is 0.0579. The summed E-state index contributed by atoms with van der Waals surface area (Å²) < 4.78 is 0. The lowest BCUT2D eigenvalue weighted by Gasteiger charge is -1.97. The minimum Gasteiger partial charge on any atom is -0.512 e. The summed E-state index contributed by atoms with van der Waals surface area (Å²) in [5, 5.41) is 9.22. The first-order valence-electron chi connectivity index (χ1n) is 3.63. The lowest BCUT2D eigenvalue weighted by molar-refractivity contribution is -0.114. The van der Waals surface area contributed by atoms with Crippen molar-refractivity contribution in [3.05, 3.63) is 11.3 Å². The summed E-state index contributed by atoms with van der Waals surface area (Å²) in [6.07, 6.45) is 1.87. The van der Waals surface area contributed by atoms with Gasteiger partial charge in [0, 0.05) is 12.0 Å². The maximum atomic E-state index is 10.9. The van der Waals surface area contributed by atoms with Gasteiger partial charge < -0.3 is 5.11 Å². The summed E-state index contributed by atoms with van der Waals surface area (Å²) in [7, 11) is 0. The summed E-state index contributed by atoms with van der Waals surface area (Å²) in [5.41, 5.74) is 0.713. The number of aliphatic hydroxyl groups excluding tert-OH is 1. The Kier molecular flexibility index (Phi) is 0.967. The molecule has 0 heterocycles. The van der Waals surface area contributed by atoms with Gasteiger partial charge in [0.1, 0.15) is 0 Å². The molecule has 0 bridgehead atoms. The Bertz CT molecular complexity index is 227. The summed E-state index contributed by atoms with van der Waals surface area (Å²) in [6, 6.07) is 0. The molecule has 2 aliphatic carbocycles. The van der Waals surface area contributed by atoms with E-state index >= 15 is 0 Å². The maximum Gasteiger partial charge on any atom is 0.159 e. The van der Waals surface area contributed by atoms with E-state index in [-0.39, 0.29) is 5.78 Å². The lowest BCUT2D eigenvalue weighted by Crippen LogP contribution is -1.99. The molecule has 54 valence electrons. The molecule has 1 N–H and O–H groups in total. The molecule has 2 aliphatic rings. The third-order valence-corrected chi connectivity index (χ3v) is 2.44. The Hall–Kier alpha value is -0.790. The standard InChI is InChI=1S/C8H10O2/c1-4(9)8-6-2-5(6)3-7(8)10/h5-6,10H,2-3H2,1H3/t5-,6-/m1/s1. The minimum atomic E-state index is 0.0579. The SMILES string of the molecule is CC(=O)C1=C(O)C[C@H]2C[C@@H]12. The molecule has 1 fully saturated rings. The number of allylic oxidation sites excluding steroid dienone is 2. The highest BCUT2D eigenvalue weighted by Crippen LogP contribution is 2.54. The fourth-order valence-corrected chi connectivity index (χ4v) is 1.86. The average Bonchev–Trinajstić information content (AvgIpc) is 2.42. The van der Waals surface area contributed by atoms with E-state index in [0.717, 1.165) is 12.8 Å². The summed E-state index contributed by atoms with van der Waals surface area (Å²) in [5.74, 6) is 1.45. The number of carbonyl (C=O) groups excluding carboxylic acids is 1. The molecule has 0 unspecified atom stereocenters. The van der Waals surface area contributed by atoms with Gasteiger partial charge in [-0.1, -0.05) is 0 Å². The van der Waals surface area contributed by atoms with E-state index in [1.807, 2.05) is 0 Å². The van der Waals surface area contributed by atoms with Crippen LogP contribution in [0.2, 0.25) is 0 Å². The van der Waals surface area contributed by atoms with Gasteiger partial charge in [-0.3, -0.25) is 4.79 Å². The number of Topliss-reactive ketones (excluding diaryl/α,β-unsaturated/α-hetero) is 1. The Morgan fingerprint density at radius 1 is 1.70 bits per heavy atom. The number of rotatable bonds is 1. The molecule has 2 nitrogen and oxygen atoms in total. The molecule has 0 aromatic rings. The van der Waals surface area contributed by atoms with Crippen LogP contribution in [-0.4, -0.2) is 10.9 Å². The van der Waals surface area contributed by atoms with Gasteiger partial charge in [-0.25, -0.2) is 0 Å². The average molecular weight is 138 g/mol. The number of hydrogen-bond donors (Lipinski definition) is 1. The zero-order chi connectivity index (χ0) is 7.30. The molecule has 0 aromatic carbocycles. The Labute approximate surface area is 59.5 Å². The highest BCUT2D eigenvalue weighted by Gasteiger charge is 2.48. The lowest BCUT2D eigenvalue weighted by atomic mass is 10.1. The van der Waals surface area contributed by atoms with Gasteiger partial charge >= 0.3 is 0 Å². The molecular weight excluding hydrogens is 128 g/mol. The normalized spacial score (nSPS) is 36.1. The van der Waals surface area contributed by atoms with Gasteiger partial charge in [-0.05, 0) is 25.2 Å². The molecular formula is C8H10O2. The van der Waals surface area contributed by atoms with E-state index in [1.165, 1.54) is 6.92 Å². The molecule has 2 atom stereocenters. The Morgan fingerprint density at radius 3 is 2.70 bits per heavy atom. The predicted octanol–water partition coefficient (Wildman–Crippen LogP) is 1.43. The monoisotopic (exact) mass is 138 g/mol. The first kappa shape index (κ1) is 5.96. The molecule has 0 aromatic heterocycles. The Morgan fingerprint density at radius 2 is 2.40 bits per heavy atom. The fourth-order valence-electron chi connectivity index (χ4n) is 1.86. The summed E-state index contributed by atoms with van der Waals surface area (Å²) in [6.45, 7) is 1.53. The second-order valence-corrected chi connectivity index (χ2v) is 3.22. The second-order valence-electron chi connectivity index (χ2n) is 3.22. The van der Waals surface area contributed by atoms with Crippen LogP contribution < -0.4 is 0 Å². The van der Waals surface area contributed by atoms with Crippen LogP contribution in [0.3, 0.4) is 0 Å². The first-order chi connectivity index (χ1) is 4.70. The molecule has 0 saturated heterocycles. The topological polar surface area (TPSA) is 37.3 Å². The summed E-state index contributed by atoms with van der Waals surface area (Å²) >= 11 is 0. The number of fused-ring (bicyclic) bond motifs is 1. The molecule has 0 radical (unpaired) electrons. The van der Waals surface area contributed by atoms with Crippen molar-refractivity contribution in [1.82, 2.24) is 0 Å². The maximum absolute atomic E-state index is 10.9. The van der Waals surface area contributed by atoms with Crippen LogP contribution in [0.15, 0.2) is 11.3 Å². The van der Waals surface area contributed by atoms with Crippen molar-refractivity contribution < 1.29 is 9.90 Å². The molecule has 0 aliphatic heterocycles. The Balaban J connectivity index is 2.31. The van der Waals surface area contributed by atoms with Gasteiger partial charge in [-0.15, -0.1) is 0 Å². The van der Waals surface area contributed by atoms with Crippen LogP contribution in [0.5, 0.6) is 0 Å². The molecule has 2 heteroatoms. The molecule has 10 heavy (non-hydrogen) atoms. The van der Waals surface area contributed by atoms with E-state index in [2.05, 4.69) is 0 Å². The fraction of sp³-hybridized carbons (Fsp3) is 0.625. The van der Waals surface area contributed by atoms with Gasteiger partial charge in [0.15, 0.2) is 5.78 Å². The van der Waals surface area contributed by atoms with Crippen LogP contribution in [-0.2, 0) is 4.79 Å².